The monoisotopic (exact) mass is 239 g/mol. The molecule has 3 aromatic rings. The van der Waals surface area contributed by atoms with Crippen molar-refractivity contribution >= 4 is 5.52 Å². The number of rotatable bonds is 2. The van der Waals surface area contributed by atoms with E-state index in [1.54, 1.807) is 16.9 Å². The third-order valence-corrected chi connectivity index (χ3v) is 3.00. The van der Waals surface area contributed by atoms with E-state index in [0.29, 0.717) is 0 Å². The minimum atomic E-state index is -0.696. The maximum atomic E-state index is 10.4. The average molecular weight is 239 g/mol. The van der Waals surface area contributed by atoms with Crippen LogP contribution in [0.4, 0.5) is 0 Å². The normalized spacial score (nSPS) is 12.8. The van der Waals surface area contributed by atoms with E-state index in [2.05, 4.69) is 10.1 Å². The van der Waals surface area contributed by atoms with Crippen LogP contribution in [0.1, 0.15) is 22.9 Å². The number of hydrogen-bond donors (Lipinski definition) is 1. The summed E-state index contributed by atoms with van der Waals surface area (Å²) in [4.78, 5) is 4.20. The minimum Gasteiger partial charge on any atom is -0.383 e. The van der Waals surface area contributed by atoms with Gasteiger partial charge in [0.1, 0.15) is 6.10 Å². The Morgan fingerprint density at radius 1 is 1.17 bits per heavy atom. The first-order valence-corrected chi connectivity index (χ1v) is 5.78. The van der Waals surface area contributed by atoms with Crippen molar-refractivity contribution in [1.29, 1.82) is 0 Å². The van der Waals surface area contributed by atoms with Crippen molar-refractivity contribution in [2.24, 2.45) is 0 Å². The minimum absolute atomic E-state index is 0.696. The van der Waals surface area contributed by atoms with Gasteiger partial charge in [-0.05, 0) is 25.1 Å². The fourth-order valence-electron chi connectivity index (χ4n) is 1.99. The first kappa shape index (κ1) is 10.9. The number of aliphatic hydroxyl groups excluding tert-OH is 1. The number of hydrogen-bond acceptors (Lipinski definition) is 3. The molecule has 1 atom stereocenters. The van der Waals surface area contributed by atoms with Crippen LogP contribution in [0, 0.1) is 6.92 Å². The summed E-state index contributed by atoms with van der Waals surface area (Å²) in [6, 6.07) is 9.56. The molecule has 0 bridgehead atoms. The van der Waals surface area contributed by atoms with E-state index in [0.717, 1.165) is 22.3 Å². The number of aryl methyl sites for hydroxylation is 1. The lowest BCUT2D eigenvalue weighted by Gasteiger charge is -2.09. The molecule has 3 rings (SSSR count). The molecular weight excluding hydrogens is 226 g/mol. The Labute approximate surface area is 105 Å². The van der Waals surface area contributed by atoms with Gasteiger partial charge in [-0.15, -0.1) is 0 Å². The van der Waals surface area contributed by atoms with Crippen LogP contribution in [-0.2, 0) is 0 Å². The molecule has 4 nitrogen and oxygen atoms in total. The van der Waals surface area contributed by atoms with Crippen LogP contribution in [0.2, 0.25) is 0 Å². The fourth-order valence-corrected chi connectivity index (χ4v) is 1.99. The Kier molecular flexibility index (Phi) is 2.57. The molecule has 0 spiro atoms. The van der Waals surface area contributed by atoms with Crippen molar-refractivity contribution in [3.05, 3.63) is 65.7 Å². The highest BCUT2D eigenvalue weighted by molar-refractivity contribution is 5.56. The van der Waals surface area contributed by atoms with E-state index < -0.39 is 6.10 Å². The highest BCUT2D eigenvalue weighted by atomic mass is 16.3. The Hall–Kier alpha value is -2.20. The summed E-state index contributed by atoms with van der Waals surface area (Å²) in [6.45, 7) is 1.92. The molecule has 18 heavy (non-hydrogen) atoms. The summed E-state index contributed by atoms with van der Waals surface area (Å²) in [6.07, 6.45) is 4.56. The molecule has 0 aliphatic carbocycles. The van der Waals surface area contributed by atoms with Crippen LogP contribution in [0.5, 0.6) is 0 Å². The molecule has 1 unspecified atom stereocenters. The quantitative estimate of drug-likeness (QED) is 0.745. The summed E-state index contributed by atoms with van der Waals surface area (Å²) < 4.78 is 1.75. The van der Waals surface area contributed by atoms with Crippen molar-refractivity contribution in [1.82, 2.24) is 14.6 Å². The molecule has 1 N–H and O–H groups in total. The zero-order chi connectivity index (χ0) is 12.5. The lowest BCUT2D eigenvalue weighted by Crippen LogP contribution is -2.00. The molecule has 90 valence electrons. The first-order valence-electron chi connectivity index (χ1n) is 5.78. The molecular formula is C14H13N3O. The summed E-state index contributed by atoms with van der Waals surface area (Å²) >= 11 is 0. The predicted molar refractivity (Wildman–Crippen MR) is 68.2 cm³/mol. The summed E-state index contributed by atoms with van der Waals surface area (Å²) in [7, 11) is 0. The highest BCUT2D eigenvalue weighted by Crippen LogP contribution is 2.24. The SMILES string of the molecule is Cc1ccc(C(O)c2cnn3ccccc23)cn1. The van der Waals surface area contributed by atoms with Gasteiger partial charge in [0.2, 0.25) is 0 Å². The molecule has 0 saturated carbocycles. The second-order valence-corrected chi connectivity index (χ2v) is 4.27. The van der Waals surface area contributed by atoms with Gasteiger partial charge < -0.3 is 5.11 Å². The fraction of sp³-hybridized carbons (Fsp3) is 0.143. The van der Waals surface area contributed by atoms with Crippen molar-refractivity contribution < 1.29 is 5.11 Å². The summed E-state index contributed by atoms with van der Waals surface area (Å²) in [5, 5.41) is 14.6. The van der Waals surface area contributed by atoms with E-state index in [4.69, 9.17) is 0 Å². The first-order chi connectivity index (χ1) is 8.75. The lowest BCUT2D eigenvalue weighted by molar-refractivity contribution is 0.221. The van der Waals surface area contributed by atoms with Crippen LogP contribution in [0.15, 0.2) is 48.9 Å². The van der Waals surface area contributed by atoms with Gasteiger partial charge >= 0.3 is 0 Å². The van der Waals surface area contributed by atoms with Crippen LogP contribution in [0.3, 0.4) is 0 Å². The number of fused-ring (bicyclic) bond motifs is 1. The van der Waals surface area contributed by atoms with E-state index in [1.165, 1.54) is 0 Å². The topological polar surface area (TPSA) is 50.4 Å². The van der Waals surface area contributed by atoms with Crippen molar-refractivity contribution in [3.63, 3.8) is 0 Å². The Morgan fingerprint density at radius 3 is 2.83 bits per heavy atom. The molecule has 4 heteroatoms. The Balaban J connectivity index is 2.06. The largest absolute Gasteiger partial charge is 0.383 e. The molecule has 0 aliphatic rings. The van der Waals surface area contributed by atoms with Gasteiger partial charge in [-0.2, -0.15) is 5.10 Å². The van der Waals surface area contributed by atoms with Gasteiger partial charge in [-0.25, -0.2) is 4.52 Å². The summed E-state index contributed by atoms with van der Waals surface area (Å²) in [5.41, 5.74) is 3.41. The van der Waals surface area contributed by atoms with Gasteiger partial charge in [-0.1, -0.05) is 12.1 Å². The highest BCUT2D eigenvalue weighted by Gasteiger charge is 2.15. The van der Waals surface area contributed by atoms with Crippen LogP contribution < -0.4 is 0 Å². The molecule has 0 fully saturated rings. The standard InChI is InChI=1S/C14H13N3O/c1-10-5-6-11(8-15-10)14(18)12-9-16-17-7-3-2-4-13(12)17/h2-9,14,18H,1H3. The van der Waals surface area contributed by atoms with E-state index in [9.17, 15) is 5.11 Å². The Morgan fingerprint density at radius 2 is 2.06 bits per heavy atom. The van der Waals surface area contributed by atoms with Gasteiger partial charge in [0.25, 0.3) is 0 Å². The van der Waals surface area contributed by atoms with Gasteiger partial charge in [0, 0.05) is 29.2 Å². The maximum absolute atomic E-state index is 10.4. The number of aromatic nitrogens is 3. The average Bonchev–Trinajstić information content (AvgIpc) is 2.82. The molecule has 0 aromatic carbocycles. The summed E-state index contributed by atoms with van der Waals surface area (Å²) in [5.74, 6) is 0. The van der Waals surface area contributed by atoms with Crippen LogP contribution in [-0.4, -0.2) is 19.7 Å². The van der Waals surface area contributed by atoms with Gasteiger partial charge in [-0.3, -0.25) is 4.98 Å². The third kappa shape index (κ3) is 1.76. The molecule has 3 aromatic heterocycles. The molecule has 0 radical (unpaired) electrons. The van der Waals surface area contributed by atoms with Crippen molar-refractivity contribution in [2.45, 2.75) is 13.0 Å². The number of aliphatic hydroxyl groups is 1. The van der Waals surface area contributed by atoms with E-state index in [-0.39, 0.29) is 0 Å². The second-order valence-electron chi connectivity index (χ2n) is 4.27. The van der Waals surface area contributed by atoms with E-state index in [1.807, 2.05) is 43.5 Å². The van der Waals surface area contributed by atoms with Crippen LogP contribution in [0.25, 0.3) is 5.52 Å². The smallest absolute Gasteiger partial charge is 0.109 e. The van der Waals surface area contributed by atoms with Crippen LogP contribution >= 0.6 is 0 Å². The number of pyridine rings is 2. The maximum Gasteiger partial charge on any atom is 0.109 e. The second kappa shape index (κ2) is 4.23. The number of nitrogens with zero attached hydrogens (tertiary/aromatic N) is 3. The van der Waals surface area contributed by atoms with Crippen molar-refractivity contribution in [3.8, 4) is 0 Å². The predicted octanol–water partition coefficient (Wildman–Crippen LogP) is 2.12. The van der Waals surface area contributed by atoms with E-state index >= 15 is 0 Å². The molecule has 0 saturated heterocycles. The zero-order valence-corrected chi connectivity index (χ0v) is 9.99. The molecule has 3 heterocycles. The van der Waals surface area contributed by atoms with Gasteiger partial charge in [0.05, 0.1) is 11.7 Å². The molecule has 0 aliphatic heterocycles. The third-order valence-electron chi connectivity index (χ3n) is 3.00. The zero-order valence-electron chi connectivity index (χ0n) is 9.99. The lowest BCUT2D eigenvalue weighted by atomic mass is 10.0. The Bertz CT molecular complexity index is 673. The van der Waals surface area contributed by atoms with Crippen molar-refractivity contribution in [2.75, 3.05) is 0 Å². The molecule has 0 amide bonds. The van der Waals surface area contributed by atoms with Gasteiger partial charge in [0.15, 0.2) is 0 Å².